The monoisotopic (exact) mass is 240 g/mol. The lowest BCUT2D eigenvalue weighted by atomic mass is 9.94. The van der Waals surface area contributed by atoms with Crippen molar-refractivity contribution in [2.24, 2.45) is 5.73 Å². The second-order valence-corrected chi connectivity index (χ2v) is 5.33. The Kier molecular flexibility index (Phi) is 3.38. The molecule has 1 saturated carbocycles. The van der Waals surface area contributed by atoms with Crippen LogP contribution in [0.1, 0.15) is 44.9 Å². The third-order valence-corrected chi connectivity index (χ3v) is 3.96. The van der Waals surface area contributed by atoms with Gasteiger partial charge in [0.05, 0.1) is 0 Å². The summed E-state index contributed by atoms with van der Waals surface area (Å²) in [6, 6.07) is -0.632. The summed E-state index contributed by atoms with van der Waals surface area (Å²) >= 11 is 0. The van der Waals surface area contributed by atoms with Gasteiger partial charge in [-0.15, -0.1) is 0 Å². The summed E-state index contributed by atoms with van der Waals surface area (Å²) in [6.45, 7) is 0.561. The minimum atomic E-state index is -0.895. The van der Waals surface area contributed by atoms with Crippen LogP contribution in [0.4, 0.5) is 0 Å². The maximum Gasteiger partial charge on any atom is 0.326 e. The van der Waals surface area contributed by atoms with E-state index < -0.39 is 12.0 Å². The number of carbonyl (C=O) groups is 2. The maximum absolute atomic E-state index is 12.1. The molecule has 1 atom stereocenters. The Balaban J connectivity index is 1.97. The van der Waals surface area contributed by atoms with Gasteiger partial charge in [-0.05, 0) is 25.7 Å². The van der Waals surface area contributed by atoms with Crippen molar-refractivity contribution in [2.75, 3.05) is 6.54 Å². The lowest BCUT2D eigenvalue weighted by Crippen LogP contribution is -2.46. The topological polar surface area (TPSA) is 83.6 Å². The standard InChI is InChI=1S/C12H20N2O3/c13-12(5-1-2-6-12)8-10(15)14-7-3-4-9(14)11(16)17/h9H,1-8,13H2,(H,16,17)/t9-/m0/s1. The van der Waals surface area contributed by atoms with Crippen molar-refractivity contribution in [3.63, 3.8) is 0 Å². The number of carboxylic acid groups (broad SMARTS) is 1. The Hall–Kier alpha value is -1.10. The number of hydrogen-bond donors (Lipinski definition) is 2. The van der Waals surface area contributed by atoms with Crippen molar-refractivity contribution in [1.82, 2.24) is 4.90 Å². The largest absolute Gasteiger partial charge is 0.480 e. The summed E-state index contributed by atoms with van der Waals surface area (Å²) in [5.74, 6) is -0.979. The van der Waals surface area contributed by atoms with Gasteiger partial charge in [-0.3, -0.25) is 4.79 Å². The van der Waals surface area contributed by atoms with E-state index in [9.17, 15) is 9.59 Å². The normalized spacial score (nSPS) is 27.4. The highest BCUT2D eigenvalue weighted by Crippen LogP contribution is 2.31. The molecule has 96 valence electrons. The maximum atomic E-state index is 12.1. The zero-order valence-corrected chi connectivity index (χ0v) is 10.0. The predicted octanol–water partition coefficient (Wildman–Crippen LogP) is 0.724. The first kappa shape index (κ1) is 12.4. The molecule has 1 aliphatic carbocycles. The van der Waals surface area contributed by atoms with Gasteiger partial charge in [-0.2, -0.15) is 0 Å². The number of rotatable bonds is 3. The highest BCUT2D eigenvalue weighted by molar-refractivity contribution is 5.84. The Morgan fingerprint density at radius 3 is 2.53 bits per heavy atom. The van der Waals surface area contributed by atoms with Gasteiger partial charge in [0.25, 0.3) is 0 Å². The van der Waals surface area contributed by atoms with Crippen LogP contribution in [0.25, 0.3) is 0 Å². The van der Waals surface area contributed by atoms with Gasteiger partial charge in [-0.1, -0.05) is 12.8 Å². The number of aliphatic carboxylic acids is 1. The smallest absolute Gasteiger partial charge is 0.326 e. The molecular weight excluding hydrogens is 220 g/mol. The van der Waals surface area contributed by atoms with Crippen LogP contribution in [-0.4, -0.2) is 40.0 Å². The van der Waals surface area contributed by atoms with Gasteiger partial charge in [0.2, 0.25) is 5.91 Å². The molecule has 0 aromatic rings. The van der Waals surface area contributed by atoms with E-state index in [2.05, 4.69) is 0 Å². The van der Waals surface area contributed by atoms with Crippen LogP contribution >= 0.6 is 0 Å². The highest BCUT2D eigenvalue weighted by Gasteiger charge is 2.38. The molecule has 1 heterocycles. The van der Waals surface area contributed by atoms with E-state index in [0.717, 1.165) is 32.1 Å². The van der Waals surface area contributed by atoms with Gasteiger partial charge in [0.1, 0.15) is 6.04 Å². The first-order valence-corrected chi connectivity index (χ1v) is 6.33. The summed E-state index contributed by atoms with van der Waals surface area (Å²) in [7, 11) is 0. The molecule has 0 bridgehead atoms. The molecule has 0 spiro atoms. The number of hydrogen-bond acceptors (Lipinski definition) is 3. The molecule has 3 N–H and O–H groups in total. The van der Waals surface area contributed by atoms with Crippen LogP contribution in [0.2, 0.25) is 0 Å². The third kappa shape index (κ3) is 2.60. The van der Waals surface area contributed by atoms with Crippen molar-refractivity contribution in [2.45, 2.75) is 56.5 Å². The molecule has 1 aliphatic heterocycles. The number of amides is 1. The number of nitrogens with two attached hydrogens (primary N) is 1. The highest BCUT2D eigenvalue weighted by atomic mass is 16.4. The fourth-order valence-electron chi connectivity index (χ4n) is 2.98. The fraction of sp³-hybridized carbons (Fsp3) is 0.833. The predicted molar refractivity (Wildman–Crippen MR) is 62.4 cm³/mol. The van der Waals surface area contributed by atoms with Crippen molar-refractivity contribution in [3.05, 3.63) is 0 Å². The molecule has 2 rings (SSSR count). The van der Waals surface area contributed by atoms with Gasteiger partial charge in [0.15, 0.2) is 0 Å². The van der Waals surface area contributed by atoms with Crippen LogP contribution in [0.5, 0.6) is 0 Å². The Morgan fingerprint density at radius 1 is 1.29 bits per heavy atom. The lowest BCUT2D eigenvalue weighted by Gasteiger charge is -2.28. The van der Waals surface area contributed by atoms with E-state index in [1.807, 2.05) is 0 Å². The molecule has 2 fully saturated rings. The number of carboxylic acids is 1. The lowest BCUT2D eigenvalue weighted by molar-refractivity contribution is -0.148. The molecule has 1 saturated heterocycles. The van der Waals surface area contributed by atoms with E-state index in [1.54, 1.807) is 0 Å². The van der Waals surface area contributed by atoms with Gasteiger partial charge in [-0.25, -0.2) is 4.79 Å². The molecule has 0 unspecified atom stereocenters. The summed E-state index contributed by atoms with van der Waals surface area (Å²) < 4.78 is 0. The van der Waals surface area contributed by atoms with Gasteiger partial charge >= 0.3 is 5.97 Å². The van der Waals surface area contributed by atoms with Crippen LogP contribution in [0, 0.1) is 0 Å². The molecule has 0 aromatic heterocycles. The first-order valence-electron chi connectivity index (χ1n) is 6.33. The molecule has 17 heavy (non-hydrogen) atoms. The van der Waals surface area contributed by atoms with E-state index >= 15 is 0 Å². The van der Waals surface area contributed by atoms with Crippen molar-refractivity contribution in [3.8, 4) is 0 Å². The Bertz CT molecular complexity index is 324. The minimum absolute atomic E-state index is 0.0840. The van der Waals surface area contributed by atoms with Gasteiger partial charge < -0.3 is 15.7 Å². The third-order valence-electron chi connectivity index (χ3n) is 3.96. The summed E-state index contributed by atoms with van der Waals surface area (Å²) in [6.07, 6.45) is 5.56. The Morgan fingerprint density at radius 2 is 1.94 bits per heavy atom. The van der Waals surface area contributed by atoms with E-state index in [0.29, 0.717) is 19.4 Å². The fourth-order valence-corrected chi connectivity index (χ4v) is 2.98. The van der Waals surface area contributed by atoms with Crippen molar-refractivity contribution in [1.29, 1.82) is 0 Å². The molecule has 0 radical (unpaired) electrons. The molecular formula is C12H20N2O3. The van der Waals surface area contributed by atoms with E-state index in [-0.39, 0.29) is 11.4 Å². The number of likely N-dealkylation sites (tertiary alicyclic amines) is 1. The average molecular weight is 240 g/mol. The van der Waals surface area contributed by atoms with Crippen LogP contribution in [0.3, 0.4) is 0 Å². The first-order chi connectivity index (χ1) is 8.02. The second kappa shape index (κ2) is 4.64. The minimum Gasteiger partial charge on any atom is -0.480 e. The van der Waals surface area contributed by atoms with Crippen LogP contribution in [0.15, 0.2) is 0 Å². The van der Waals surface area contributed by atoms with Gasteiger partial charge in [0, 0.05) is 18.5 Å². The van der Waals surface area contributed by atoms with Crippen molar-refractivity contribution < 1.29 is 14.7 Å². The molecule has 0 aromatic carbocycles. The quantitative estimate of drug-likeness (QED) is 0.761. The zero-order valence-electron chi connectivity index (χ0n) is 10.0. The van der Waals surface area contributed by atoms with E-state index in [1.165, 1.54) is 4.90 Å². The molecule has 5 heteroatoms. The summed E-state index contributed by atoms with van der Waals surface area (Å²) in [4.78, 5) is 24.6. The second-order valence-electron chi connectivity index (χ2n) is 5.33. The summed E-state index contributed by atoms with van der Waals surface area (Å²) in [5.41, 5.74) is 5.77. The number of carbonyl (C=O) groups excluding carboxylic acids is 1. The van der Waals surface area contributed by atoms with Crippen molar-refractivity contribution >= 4 is 11.9 Å². The average Bonchev–Trinajstić information content (AvgIpc) is 2.85. The zero-order chi connectivity index (χ0) is 12.5. The van der Waals surface area contributed by atoms with Crippen LogP contribution < -0.4 is 5.73 Å². The SMILES string of the molecule is NC1(CC(=O)N2CCC[C@H]2C(=O)O)CCCC1. The summed E-state index contributed by atoms with van der Waals surface area (Å²) in [5, 5.41) is 9.03. The Labute approximate surface area is 101 Å². The molecule has 1 amide bonds. The number of nitrogens with zero attached hydrogens (tertiary/aromatic N) is 1. The molecule has 5 nitrogen and oxygen atoms in total. The van der Waals surface area contributed by atoms with Crippen LogP contribution in [-0.2, 0) is 9.59 Å². The van der Waals surface area contributed by atoms with E-state index in [4.69, 9.17) is 10.8 Å². The molecule has 2 aliphatic rings.